The smallest absolute Gasteiger partial charge is 0.270 e. The molecule has 2 aromatic rings. The van der Waals surface area contributed by atoms with E-state index < -0.39 is 5.91 Å². The number of likely N-dealkylation sites (N-methyl/N-ethyl adjacent to an activating group) is 1. The van der Waals surface area contributed by atoms with Gasteiger partial charge in [-0.15, -0.1) is 4.59 Å². The molecule has 2 aliphatic heterocycles. The Hall–Kier alpha value is -3.30. The van der Waals surface area contributed by atoms with Crippen molar-refractivity contribution in [1.29, 1.82) is 0 Å². The molecule has 168 valence electrons. The number of nitrogens with two attached hydrogens (primary N) is 1. The number of ether oxygens (including phenoxy) is 1. The van der Waals surface area contributed by atoms with Crippen molar-refractivity contribution in [3.05, 3.63) is 47.2 Å². The molecule has 1 saturated heterocycles. The predicted molar refractivity (Wildman–Crippen MR) is 124 cm³/mol. The van der Waals surface area contributed by atoms with Crippen LogP contribution in [-0.2, 0) is 16.0 Å². The third-order valence-electron chi connectivity index (χ3n) is 6.13. The number of amides is 2. The zero-order chi connectivity index (χ0) is 22.7. The molecule has 2 amide bonds. The van der Waals surface area contributed by atoms with Gasteiger partial charge in [-0.1, -0.05) is 17.2 Å². The lowest BCUT2D eigenvalue weighted by atomic mass is 10.0. The summed E-state index contributed by atoms with van der Waals surface area (Å²) in [7, 11) is 1.63. The van der Waals surface area contributed by atoms with Gasteiger partial charge in [0.05, 0.1) is 17.7 Å². The summed E-state index contributed by atoms with van der Waals surface area (Å²) in [6.45, 7) is 4.04. The summed E-state index contributed by atoms with van der Waals surface area (Å²) in [4.78, 5) is 28.5. The van der Waals surface area contributed by atoms with Crippen LogP contribution in [-0.4, -0.2) is 55.9 Å². The number of anilines is 1. The molecule has 9 nitrogen and oxygen atoms in total. The summed E-state index contributed by atoms with van der Waals surface area (Å²) in [5.74, 6) is 0.181. The van der Waals surface area contributed by atoms with E-state index in [9.17, 15) is 9.59 Å². The standard InChI is InChI=1S/C23H28N6O3/c1-3-29(17-6-4-15(5-7-17)12-20(30)25-2)23-19(14-27-29)21(18(13-26-23)22(24)31)28-16-8-10-32-11-9-16/h4-7,13-14,16H,3,8-12H2,1-2H3,(H3-,24,25,26,27,28,30,31)/p+1. The van der Waals surface area contributed by atoms with Gasteiger partial charge in [0.2, 0.25) is 5.91 Å². The van der Waals surface area contributed by atoms with Gasteiger partial charge < -0.3 is 21.1 Å². The van der Waals surface area contributed by atoms with Crippen molar-refractivity contribution in [2.45, 2.75) is 32.2 Å². The molecule has 3 heterocycles. The Morgan fingerprint density at radius 3 is 2.56 bits per heavy atom. The molecule has 1 unspecified atom stereocenters. The summed E-state index contributed by atoms with van der Waals surface area (Å²) in [6.07, 6.45) is 5.35. The summed E-state index contributed by atoms with van der Waals surface area (Å²) in [6, 6.07) is 8.02. The number of primary amides is 1. The third-order valence-corrected chi connectivity index (χ3v) is 6.13. The quantitative estimate of drug-likeness (QED) is 0.573. The molecule has 32 heavy (non-hydrogen) atoms. The number of carbonyl (C=O) groups excluding carboxylic acids is 2. The highest BCUT2D eigenvalue weighted by atomic mass is 16.5. The number of nitrogens with one attached hydrogen (secondary N) is 2. The highest BCUT2D eigenvalue weighted by molar-refractivity contribution is 6.07. The lowest BCUT2D eigenvalue weighted by Gasteiger charge is -2.28. The van der Waals surface area contributed by atoms with Crippen LogP contribution in [0.3, 0.4) is 0 Å². The molecule has 0 saturated carbocycles. The monoisotopic (exact) mass is 437 g/mol. The number of quaternary nitrogens is 1. The molecule has 0 bridgehead atoms. The van der Waals surface area contributed by atoms with Crippen LogP contribution in [0.5, 0.6) is 0 Å². The third kappa shape index (κ3) is 3.96. The van der Waals surface area contributed by atoms with Crippen molar-refractivity contribution in [3.8, 4) is 0 Å². The number of benzene rings is 1. The first-order valence-electron chi connectivity index (χ1n) is 10.9. The van der Waals surface area contributed by atoms with Gasteiger partial charge >= 0.3 is 0 Å². The molecule has 4 N–H and O–H groups in total. The predicted octanol–water partition coefficient (Wildman–Crippen LogP) is 2.07. The Labute approximate surface area is 187 Å². The number of hydrogen-bond acceptors (Lipinski definition) is 6. The molecule has 4 rings (SSSR count). The number of hydrogen-bond donors (Lipinski definition) is 3. The molecule has 1 aromatic heterocycles. The lowest BCUT2D eigenvalue weighted by molar-refractivity contribution is -0.119. The van der Waals surface area contributed by atoms with Crippen molar-refractivity contribution in [1.82, 2.24) is 14.9 Å². The average molecular weight is 438 g/mol. The molecular weight excluding hydrogens is 408 g/mol. The van der Waals surface area contributed by atoms with Gasteiger partial charge in [-0.3, -0.25) is 9.59 Å². The average Bonchev–Trinajstić information content (AvgIpc) is 3.20. The second-order valence-electron chi connectivity index (χ2n) is 8.03. The van der Waals surface area contributed by atoms with E-state index in [1.54, 1.807) is 19.5 Å². The van der Waals surface area contributed by atoms with E-state index in [1.807, 2.05) is 31.2 Å². The molecule has 1 fully saturated rings. The summed E-state index contributed by atoms with van der Waals surface area (Å²) in [5.41, 5.74) is 9.34. The van der Waals surface area contributed by atoms with Crippen LogP contribution in [0.25, 0.3) is 0 Å². The Bertz CT molecular complexity index is 1050. The fourth-order valence-corrected chi connectivity index (χ4v) is 4.27. The highest BCUT2D eigenvalue weighted by Crippen LogP contribution is 2.43. The van der Waals surface area contributed by atoms with E-state index in [4.69, 9.17) is 15.6 Å². The fourth-order valence-electron chi connectivity index (χ4n) is 4.27. The summed E-state index contributed by atoms with van der Waals surface area (Å²) in [5, 5.41) is 11.0. The lowest BCUT2D eigenvalue weighted by Crippen LogP contribution is -2.37. The van der Waals surface area contributed by atoms with Crippen LogP contribution in [0.1, 0.15) is 41.3 Å². The molecular formula is C23H29N6O3+. The number of nitrogens with zero attached hydrogens (tertiary/aromatic N) is 3. The zero-order valence-corrected chi connectivity index (χ0v) is 18.4. The number of pyridine rings is 1. The Morgan fingerprint density at radius 1 is 1.22 bits per heavy atom. The van der Waals surface area contributed by atoms with Crippen LogP contribution in [0.4, 0.5) is 17.2 Å². The van der Waals surface area contributed by atoms with Crippen LogP contribution in [0.2, 0.25) is 0 Å². The maximum atomic E-state index is 12.1. The van der Waals surface area contributed by atoms with Crippen LogP contribution < -0.4 is 21.0 Å². The van der Waals surface area contributed by atoms with Crippen molar-refractivity contribution < 1.29 is 14.3 Å². The minimum atomic E-state index is -0.525. The first kappa shape index (κ1) is 21.9. The second kappa shape index (κ2) is 9.05. The van der Waals surface area contributed by atoms with E-state index in [2.05, 4.69) is 15.6 Å². The Balaban J connectivity index is 1.73. The van der Waals surface area contributed by atoms with Crippen LogP contribution in [0.15, 0.2) is 35.6 Å². The minimum Gasteiger partial charge on any atom is -0.381 e. The van der Waals surface area contributed by atoms with Crippen LogP contribution in [0, 0.1) is 0 Å². The molecule has 1 atom stereocenters. The molecule has 1 aromatic carbocycles. The number of fused-ring (bicyclic) bond motifs is 1. The number of rotatable bonds is 7. The van der Waals surface area contributed by atoms with Gasteiger partial charge in [-0.05, 0) is 25.3 Å². The summed E-state index contributed by atoms with van der Waals surface area (Å²) < 4.78 is 5.64. The molecule has 0 radical (unpaired) electrons. The van der Waals surface area contributed by atoms with E-state index in [-0.39, 0.29) is 16.5 Å². The van der Waals surface area contributed by atoms with Gasteiger partial charge in [0, 0.05) is 44.6 Å². The van der Waals surface area contributed by atoms with E-state index >= 15 is 0 Å². The first-order chi connectivity index (χ1) is 15.5. The summed E-state index contributed by atoms with van der Waals surface area (Å²) >= 11 is 0. The highest BCUT2D eigenvalue weighted by Gasteiger charge is 2.42. The van der Waals surface area contributed by atoms with Gasteiger partial charge in [-0.2, -0.15) is 0 Å². The maximum absolute atomic E-state index is 12.1. The van der Waals surface area contributed by atoms with Crippen LogP contribution >= 0.6 is 0 Å². The molecule has 0 aliphatic carbocycles. The van der Waals surface area contributed by atoms with Crippen molar-refractivity contribution in [2.75, 3.05) is 32.1 Å². The molecule has 9 heteroatoms. The van der Waals surface area contributed by atoms with Gasteiger partial charge in [0.15, 0.2) is 5.69 Å². The fraction of sp³-hybridized carbons (Fsp3) is 0.391. The Kier molecular flexibility index (Phi) is 6.20. The number of carbonyl (C=O) groups is 2. The van der Waals surface area contributed by atoms with E-state index in [1.165, 1.54) is 0 Å². The largest absolute Gasteiger partial charge is 0.381 e. The van der Waals surface area contributed by atoms with Gasteiger partial charge in [-0.25, -0.2) is 4.98 Å². The van der Waals surface area contributed by atoms with E-state index in [0.29, 0.717) is 37.4 Å². The first-order valence-corrected chi connectivity index (χ1v) is 10.9. The maximum Gasteiger partial charge on any atom is 0.270 e. The zero-order valence-electron chi connectivity index (χ0n) is 18.4. The SMILES string of the molecule is CC[N+]1(c2ccc(CC(=O)NC)cc2)N=Cc2c1ncc(C(N)=O)c2NC1CCOCC1. The normalized spacial score (nSPS) is 20.1. The van der Waals surface area contributed by atoms with Crippen molar-refractivity contribution in [2.24, 2.45) is 10.8 Å². The van der Waals surface area contributed by atoms with Gasteiger partial charge in [0.25, 0.3) is 11.7 Å². The molecule has 0 spiro atoms. The molecule has 2 aliphatic rings. The van der Waals surface area contributed by atoms with Crippen molar-refractivity contribution in [3.63, 3.8) is 0 Å². The van der Waals surface area contributed by atoms with Crippen molar-refractivity contribution >= 4 is 35.2 Å². The Morgan fingerprint density at radius 2 is 1.94 bits per heavy atom. The number of aromatic nitrogens is 1. The second-order valence-corrected chi connectivity index (χ2v) is 8.03. The van der Waals surface area contributed by atoms with E-state index in [0.717, 1.165) is 35.5 Å². The topological polar surface area (TPSA) is 119 Å². The minimum absolute atomic E-state index is 0.0360. The van der Waals surface area contributed by atoms with Gasteiger partial charge in [0.1, 0.15) is 18.3 Å².